The molecule has 1 saturated carbocycles. The zero-order valence-electron chi connectivity index (χ0n) is 13.5. The van der Waals surface area contributed by atoms with Crippen LogP contribution in [-0.4, -0.2) is 32.7 Å². The highest BCUT2D eigenvalue weighted by atomic mass is 16.5. The lowest BCUT2D eigenvalue weighted by atomic mass is 9.90. The van der Waals surface area contributed by atoms with Gasteiger partial charge in [0.05, 0.1) is 19.1 Å². The Morgan fingerprint density at radius 2 is 1.96 bits per heavy atom. The van der Waals surface area contributed by atoms with Gasteiger partial charge in [0.15, 0.2) is 5.65 Å². The Morgan fingerprint density at radius 1 is 1.09 bits per heavy atom. The largest absolute Gasteiger partial charge is 0.463 e. The first-order valence-corrected chi connectivity index (χ1v) is 8.84. The van der Waals surface area contributed by atoms with E-state index in [1.165, 1.54) is 38.5 Å². The molecule has 1 saturated heterocycles. The van der Waals surface area contributed by atoms with Crippen molar-refractivity contribution in [3.63, 3.8) is 0 Å². The smallest absolute Gasteiger partial charge is 0.318 e. The van der Waals surface area contributed by atoms with Gasteiger partial charge in [-0.3, -0.25) is 4.57 Å². The third kappa shape index (κ3) is 3.32. The third-order valence-corrected chi connectivity index (χ3v) is 4.93. The Kier molecular flexibility index (Phi) is 4.41. The van der Waals surface area contributed by atoms with E-state index in [0.717, 1.165) is 37.2 Å². The Labute approximate surface area is 136 Å². The quantitative estimate of drug-likeness (QED) is 0.864. The molecule has 1 unspecified atom stereocenters. The van der Waals surface area contributed by atoms with Gasteiger partial charge >= 0.3 is 6.01 Å². The van der Waals surface area contributed by atoms with Crippen molar-refractivity contribution in [2.24, 2.45) is 5.92 Å². The van der Waals surface area contributed by atoms with Crippen LogP contribution in [0.4, 0.5) is 0 Å². The number of hydrogen-bond acceptors (Lipinski definition) is 5. The second kappa shape index (κ2) is 6.83. The van der Waals surface area contributed by atoms with Crippen LogP contribution < -0.4 is 4.74 Å². The molecule has 0 spiro atoms. The second-order valence-electron chi connectivity index (χ2n) is 6.65. The molecule has 1 aliphatic heterocycles. The van der Waals surface area contributed by atoms with Crippen molar-refractivity contribution in [2.45, 2.75) is 57.6 Å². The molecule has 2 aromatic rings. The van der Waals surface area contributed by atoms with Crippen LogP contribution in [0.1, 0.15) is 57.6 Å². The van der Waals surface area contributed by atoms with Crippen LogP contribution in [0.2, 0.25) is 0 Å². The second-order valence-corrected chi connectivity index (χ2v) is 6.65. The summed E-state index contributed by atoms with van der Waals surface area (Å²) in [5.41, 5.74) is 1.61. The summed E-state index contributed by atoms with van der Waals surface area (Å²) in [7, 11) is 0. The van der Waals surface area contributed by atoms with Gasteiger partial charge in [0.25, 0.3) is 0 Å². The number of fused-ring (bicyclic) bond motifs is 1. The topological polar surface area (TPSA) is 62.1 Å². The van der Waals surface area contributed by atoms with Crippen LogP contribution in [0.5, 0.6) is 6.01 Å². The van der Waals surface area contributed by atoms with E-state index < -0.39 is 0 Å². The SMILES string of the molecule is c1nc(OCC2CCCCC2)nc2c1ncn2C1CCCCO1. The Bertz CT molecular complexity index is 645. The molecule has 0 aromatic carbocycles. The van der Waals surface area contributed by atoms with E-state index in [-0.39, 0.29) is 6.23 Å². The van der Waals surface area contributed by atoms with Crippen molar-refractivity contribution in [2.75, 3.05) is 13.2 Å². The lowest BCUT2D eigenvalue weighted by Crippen LogP contribution is -2.18. The molecule has 2 aliphatic rings. The van der Waals surface area contributed by atoms with Crippen LogP contribution >= 0.6 is 0 Å². The normalized spacial score (nSPS) is 23.2. The zero-order valence-corrected chi connectivity index (χ0v) is 13.5. The molecule has 3 heterocycles. The molecule has 0 bridgehead atoms. The summed E-state index contributed by atoms with van der Waals surface area (Å²) < 4.78 is 13.7. The highest BCUT2D eigenvalue weighted by Gasteiger charge is 2.20. The van der Waals surface area contributed by atoms with Crippen molar-refractivity contribution in [1.82, 2.24) is 19.5 Å². The average molecular weight is 316 g/mol. The Hall–Kier alpha value is -1.69. The molecule has 0 N–H and O–H groups in total. The summed E-state index contributed by atoms with van der Waals surface area (Å²) in [6, 6.07) is 0.459. The van der Waals surface area contributed by atoms with E-state index in [2.05, 4.69) is 15.0 Å². The summed E-state index contributed by atoms with van der Waals surface area (Å²) in [5, 5.41) is 0. The van der Waals surface area contributed by atoms with Crippen molar-refractivity contribution in [3.05, 3.63) is 12.5 Å². The van der Waals surface area contributed by atoms with Crippen LogP contribution in [-0.2, 0) is 4.74 Å². The molecule has 124 valence electrons. The molecule has 1 atom stereocenters. The molecule has 1 aliphatic carbocycles. The average Bonchev–Trinajstić information content (AvgIpc) is 3.05. The van der Waals surface area contributed by atoms with Crippen molar-refractivity contribution < 1.29 is 9.47 Å². The summed E-state index contributed by atoms with van der Waals surface area (Å²) in [5.74, 6) is 0.648. The number of imidazole rings is 1. The summed E-state index contributed by atoms with van der Waals surface area (Å²) in [4.78, 5) is 13.3. The minimum absolute atomic E-state index is 0.0369. The van der Waals surface area contributed by atoms with Gasteiger partial charge in [-0.25, -0.2) is 9.97 Å². The van der Waals surface area contributed by atoms with Gasteiger partial charge in [0.2, 0.25) is 0 Å². The lowest BCUT2D eigenvalue weighted by molar-refractivity contribution is -0.0298. The summed E-state index contributed by atoms with van der Waals surface area (Å²) in [6.45, 7) is 1.53. The number of ether oxygens (including phenoxy) is 2. The minimum atomic E-state index is 0.0369. The first-order chi connectivity index (χ1) is 11.4. The maximum atomic E-state index is 5.86. The Morgan fingerprint density at radius 3 is 2.78 bits per heavy atom. The highest BCUT2D eigenvalue weighted by molar-refractivity contribution is 5.69. The number of aromatic nitrogens is 4. The Balaban J connectivity index is 1.49. The summed E-state index contributed by atoms with van der Waals surface area (Å²) in [6.07, 6.45) is 13.4. The fraction of sp³-hybridized carbons (Fsp3) is 0.706. The van der Waals surface area contributed by atoms with E-state index in [0.29, 0.717) is 11.9 Å². The van der Waals surface area contributed by atoms with E-state index >= 15 is 0 Å². The zero-order chi connectivity index (χ0) is 15.5. The van der Waals surface area contributed by atoms with Crippen molar-refractivity contribution in [3.8, 4) is 6.01 Å². The van der Waals surface area contributed by atoms with Crippen molar-refractivity contribution >= 4 is 11.2 Å². The molecule has 6 heteroatoms. The summed E-state index contributed by atoms with van der Waals surface area (Å²) >= 11 is 0. The van der Waals surface area contributed by atoms with Crippen LogP contribution in [0, 0.1) is 5.92 Å². The van der Waals surface area contributed by atoms with Crippen LogP contribution in [0.25, 0.3) is 11.2 Å². The molecule has 23 heavy (non-hydrogen) atoms. The molecule has 4 rings (SSSR count). The molecule has 0 radical (unpaired) electrons. The predicted octanol–water partition coefficient (Wildman–Crippen LogP) is 3.48. The molecule has 2 aromatic heterocycles. The van der Waals surface area contributed by atoms with Gasteiger partial charge < -0.3 is 9.47 Å². The molecule has 2 fully saturated rings. The first-order valence-electron chi connectivity index (χ1n) is 8.84. The molecular weight excluding hydrogens is 292 g/mol. The first kappa shape index (κ1) is 14.9. The standard InChI is InChI=1S/C17H24N4O2/c1-2-6-13(7-3-1)11-23-17-18-10-14-16(20-17)21(12-19-14)15-8-4-5-9-22-15/h10,12-13,15H,1-9,11H2. The lowest BCUT2D eigenvalue weighted by Gasteiger charge is -2.24. The van der Waals surface area contributed by atoms with Gasteiger partial charge in [-0.15, -0.1) is 0 Å². The molecular formula is C17H24N4O2. The maximum absolute atomic E-state index is 5.86. The monoisotopic (exact) mass is 316 g/mol. The van der Waals surface area contributed by atoms with Gasteiger partial charge in [-0.2, -0.15) is 4.98 Å². The fourth-order valence-electron chi connectivity index (χ4n) is 3.58. The third-order valence-electron chi connectivity index (χ3n) is 4.93. The van der Waals surface area contributed by atoms with E-state index in [1.807, 2.05) is 4.57 Å². The van der Waals surface area contributed by atoms with Gasteiger partial charge in [0.1, 0.15) is 11.7 Å². The molecule has 0 amide bonds. The van der Waals surface area contributed by atoms with Gasteiger partial charge in [-0.05, 0) is 38.0 Å². The van der Waals surface area contributed by atoms with Gasteiger partial charge in [-0.1, -0.05) is 19.3 Å². The number of rotatable bonds is 4. The predicted molar refractivity (Wildman–Crippen MR) is 86.2 cm³/mol. The number of hydrogen-bond donors (Lipinski definition) is 0. The maximum Gasteiger partial charge on any atom is 0.318 e. The van der Waals surface area contributed by atoms with Crippen LogP contribution in [0.3, 0.4) is 0 Å². The minimum Gasteiger partial charge on any atom is -0.463 e. The van der Waals surface area contributed by atoms with E-state index in [1.54, 1.807) is 12.5 Å². The number of nitrogens with zero attached hydrogens (tertiary/aromatic N) is 4. The van der Waals surface area contributed by atoms with Gasteiger partial charge in [0, 0.05) is 6.61 Å². The molecule has 6 nitrogen and oxygen atoms in total. The van der Waals surface area contributed by atoms with Crippen molar-refractivity contribution in [1.29, 1.82) is 0 Å². The fourth-order valence-corrected chi connectivity index (χ4v) is 3.58. The highest BCUT2D eigenvalue weighted by Crippen LogP contribution is 2.27. The van der Waals surface area contributed by atoms with E-state index in [9.17, 15) is 0 Å². The van der Waals surface area contributed by atoms with E-state index in [4.69, 9.17) is 9.47 Å². The van der Waals surface area contributed by atoms with Crippen LogP contribution in [0.15, 0.2) is 12.5 Å².